The van der Waals surface area contributed by atoms with E-state index in [-0.39, 0.29) is 24.0 Å². The summed E-state index contributed by atoms with van der Waals surface area (Å²) >= 11 is 4.05. The number of benzene rings is 2. The van der Waals surface area contributed by atoms with Gasteiger partial charge in [0.2, 0.25) is 5.82 Å². The third-order valence-corrected chi connectivity index (χ3v) is 6.26. The summed E-state index contributed by atoms with van der Waals surface area (Å²) < 4.78 is 11.3. The second-order valence-electron chi connectivity index (χ2n) is 8.73. The van der Waals surface area contributed by atoms with Gasteiger partial charge in [-0.15, -0.1) is 5.10 Å². The number of hydrazine groups is 1. The first-order chi connectivity index (χ1) is 18.4. The van der Waals surface area contributed by atoms with Gasteiger partial charge < -0.3 is 14.0 Å². The minimum absolute atomic E-state index is 0.00829. The summed E-state index contributed by atoms with van der Waals surface area (Å²) in [7, 11) is 0. The van der Waals surface area contributed by atoms with Gasteiger partial charge in [0, 0.05) is 17.9 Å². The number of hydrogen-bond acceptors (Lipinski definition) is 8. The van der Waals surface area contributed by atoms with E-state index >= 15 is 0 Å². The largest absolute Gasteiger partial charge is 0.478 e. The lowest BCUT2D eigenvalue weighted by atomic mass is 9.91. The first kappa shape index (κ1) is 25.1. The summed E-state index contributed by atoms with van der Waals surface area (Å²) in [5, 5.41) is 17.6. The maximum absolute atomic E-state index is 13.0. The Hall–Kier alpha value is -4.53. The number of aromatic nitrogens is 3. The Bertz CT molecular complexity index is 1500. The van der Waals surface area contributed by atoms with Crippen LogP contribution in [0.3, 0.4) is 0 Å². The first-order valence-corrected chi connectivity index (χ1v) is 12.1. The quantitative estimate of drug-likeness (QED) is 0.218. The summed E-state index contributed by atoms with van der Waals surface area (Å²) in [5.74, 6) is 5.37. The number of H-pyrrole nitrogens is 1. The van der Waals surface area contributed by atoms with Gasteiger partial charge in [-0.1, -0.05) is 61.2 Å². The van der Waals surface area contributed by atoms with Gasteiger partial charge in [-0.25, -0.2) is 14.8 Å². The molecule has 3 aromatic rings. The Balaban J connectivity index is 1.35. The van der Waals surface area contributed by atoms with E-state index in [4.69, 9.17) is 8.92 Å². The number of carboxylic acid groups (broad SMARTS) is 1. The molecule has 1 aliphatic carbocycles. The Morgan fingerprint density at radius 1 is 1.24 bits per heavy atom. The fourth-order valence-corrected chi connectivity index (χ4v) is 4.50. The van der Waals surface area contributed by atoms with Crippen LogP contribution in [-0.2, 0) is 15.3 Å². The smallest absolute Gasteiger partial charge is 0.335 e. The highest BCUT2D eigenvalue weighted by Crippen LogP contribution is 2.37. The Labute approximate surface area is 224 Å². The number of aromatic amines is 1. The number of nitrogens with one attached hydrogen (secondary N) is 2. The molecule has 1 amide bonds. The molecule has 0 unspecified atom stereocenters. The van der Waals surface area contributed by atoms with Gasteiger partial charge in [0.1, 0.15) is 17.6 Å². The van der Waals surface area contributed by atoms with E-state index in [0.29, 0.717) is 34.8 Å². The molecule has 0 bridgehead atoms. The average molecular weight is 530 g/mol. The Morgan fingerprint density at radius 2 is 2.05 bits per heavy atom. The second-order valence-corrected chi connectivity index (χ2v) is 8.94. The average Bonchev–Trinajstić information content (AvgIpc) is 3.56. The number of allylic oxidation sites excluding steroid dienone is 1. The van der Waals surface area contributed by atoms with Gasteiger partial charge in [0.25, 0.3) is 0 Å². The summed E-state index contributed by atoms with van der Waals surface area (Å²) in [6.07, 6.45) is 1.89. The van der Waals surface area contributed by atoms with E-state index < -0.39 is 18.0 Å². The van der Waals surface area contributed by atoms with Crippen LogP contribution < -0.4 is 5.43 Å². The van der Waals surface area contributed by atoms with E-state index in [0.717, 1.165) is 5.56 Å². The van der Waals surface area contributed by atoms with Crippen molar-refractivity contribution < 1.29 is 23.6 Å². The van der Waals surface area contributed by atoms with Crippen LogP contribution in [0.25, 0.3) is 0 Å². The summed E-state index contributed by atoms with van der Waals surface area (Å²) in [6, 6.07) is 16.1. The molecule has 3 N–H and O–H groups in total. The number of rotatable bonds is 6. The molecule has 0 spiro atoms. The highest BCUT2D eigenvalue weighted by atomic mass is 32.1. The van der Waals surface area contributed by atoms with Gasteiger partial charge >= 0.3 is 11.9 Å². The van der Waals surface area contributed by atoms with Crippen LogP contribution in [0, 0.1) is 17.8 Å². The molecule has 2 atom stereocenters. The van der Waals surface area contributed by atoms with Crippen molar-refractivity contribution in [2.24, 2.45) is 5.92 Å². The van der Waals surface area contributed by atoms with Crippen molar-refractivity contribution in [3.05, 3.63) is 106 Å². The number of carbonyl (C=O) groups is 2. The van der Waals surface area contributed by atoms with Gasteiger partial charge in [-0.2, -0.15) is 0 Å². The first-order valence-electron chi connectivity index (χ1n) is 11.7. The molecule has 0 radical (unpaired) electrons. The zero-order valence-corrected chi connectivity index (χ0v) is 21.1. The van der Waals surface area contributed by atoms with Crippen LogP contribution in [0.1, 0.15) is 44.9 Å². The predicted octanol–water partition coefficient (Wildman–Crippen LogP) is 3.10. The van der Waals surface area contributed by atoms with Crippen molar-refractivity contribution in [1.82, 2.24) is 25.6 Å². The molecule has 2 aromatic carbocycles. The molecule has 2 aliphatic rings. The number of amides is 1. The van der Waals surface area contributed by atoms with Crippen LogP contribution in [0.15, 0.2) is 77.7 Å². The highest BCUT2D eigenvalue weighted by Gasteiger charge is 2.39. The summed E-state index contributed by atoms with van der Waals surface area (Å²) in [5.41, 5.74) is 5.67. The fraction of sp³-hybridized carbons (Fsp3) is 0.185. The van der Waals surface area contributed by atoms with Crippen molar-refractivity contribution in [3.63, 3.8) is 0 Å². The van der Waals surface area contributed by atoms with Gasteiger partial charge in [-0.05, 0) is 36.7 Å². The lowest BCUT2D eigenvalue weighted by Crippen LogP contribution is -2.45. The Kier molecular flexibility index (Phi) is 7.17. The van der Waals surface area contributed by atoms with Crippen molar-refractivity contribution >= 4 is 24.8 Å². The number of nitrogens with zero attached hydrogens (tertiary/aromatic N) is 3. The van der Waals surface area contributed by atoms with Gasteiger partial charge in [0.15, 0.2) is 12.5 Å². The number of carboxylic acids is 1. The summed E-state index contributed by atoms with van der Waals surface area (Å²) in [6.45, 7) is 1.95. The fourth-order valence-electron chi connectivity index (χ4n) is 4.21. The lowest BCUT2D eigenvalue weighted by molar-refractivity contribution is 0.0649. The van der Waals surface area contributed by atoms with Crippen LogP contribution >= 0.6 is 12.9 Å². The SMILES string of the molecule is C[C@H]1C=C(C#Cc2cccc(C(=O)O)c2)C2=C([C@H]1OS)N(NC(=O)c1n[nH]c(Cc3ccccc3)n1)CO2. The molecule has 2 heterocycles. The maximum atomic E-state index is 13.0. The summed E-state index contributed by atoms with van der Waals surface area (Å²) in [4.78, 5) is 28.6. The molecule has 5 rings (SSSR count). The molecule has 0 saturated carbocycles. The highest BCUT2D eigenvalue weighted by molar-refractivity contribution is 7.75. The molecular weight excluding hydrogens is 506 g/mol. The monoisotopic (exact) mass is 529 g/mol. The predicted molar refractivity (Wildman–Crippen MR) is 139 cm³/mol. The van der Waals surface area contributed by atoms with Crippen molar-refractivity contribution in [2.75, 3.05) is 6.73 Å². The molecule has 192 valence electrons. The van der Waals surface area contributed by atoms with Crippen molar-refractivity contribution in [2.45, 2.75) is 19.4 Å². The normalized spacial score (nSPS) is 18.2. The number of aromatic carboxylic acids is 1. The van der Waals surface area contributed by atoms with Crippen LogP contribution in [-0.4, -0.2) is 50.0 Å². The standard InChI is InChI=1S/C27H23N5O5S/c1-16-12-19(11-10-18-8-5-9-20(13-18)27(34)35)24-22(23(16)37-38)32(15-36-24)31-26(33)25-28-21(29-30-25)14-17-6-3-2-4-7-17/h2-9,12-13,16,23,38H,14-15H2,1H3,(H,31,33)(H,34,35)(H,28,29,30)/t16-,23-/m0/s1. The zero-order chi connectivity index (χ0) is 26.6. The van der Waals surface area contributed by atoms with Crippen LogP contribution in [0.5, 0.6) is 0 Å². The third kappa shape index (κ3) is 5.27. The minimum atomic E-state index is -1.03. The van der Waals surface area contributed by atoms with E-state index in [1.807, 2.05) is 43.3 Å². The second kappa shape index (κ2) is 10.8. The Morgan fingerprint density at radius 3 is 2.82 bits per heavy atom. The number of carbonyl (C=O) groups excluding carboxylic acids is 1. The van der Waals surface area contributed by atoms with E-state index in [1.54, 1.807) is 12.1 Å². The van der Waals surface area contributed by atoms with Crippen molar-refractivity contribution in [3.8, 4) is 11.8 Å². The molecule has 38 heavy (non-hydrogen) atoms. The number of thiol groups is 1. The maximum Gasteiger partial charge on any atom is 0.335 e. The molecule has 0 saturated heterocycles. The van der Waals surface area contributed by atoms with E-state index in [2.05, 4.69) is 45.4 Å². The molecular formula is C27H23N5O5S. The van der Waals surface area contributed by atoms with E-state index in [9.17, 15) is 14.7 Å². The van der Waals surface area contributed by atoms with E-state index in [1.165, 1.54) is 17.1 Å². The van der Waals surface area contributed by atoms with Crippen molar-refractivity contribution in [1.29, 1.82) is 0 Å². The van der Waals surface area contributed by atoms with Gasteiger partial charge in [-0.3, -0.25) is 15.3 Å². The zero-order valence-electron chi connectivity index (χ0n) is 20.2. The molecule has 10 nitrogen and oxygen atoms in total. The molecule has 11 heteroatoms. The molecule has 0 fully saturated rings. The lowest BCUT2D eigenvalue weighted by Gasteiger charge is -2.29. The van der Waals surface area contributed by atoms with Crippen LogP contribution in [0.2, 0.25) is 0 Å². The van der Waals surface area contributed by atoms with Gasteiger partial charge in [0.05, 0.1) is 11.1 Å². The van der Waals surface area contributed by atoms with Crippen LogP contribution in [0.4, 0.5) is 0 Å². The number of ether oxygens (including phenoxy) is 1. The third-order valence-electron chi connectivity index (χ3n) is 6.03. The minimum Gasteiger partial charge on any atom is -0.478 e. The molecule has 1 aliphatic heterocycles. The molecule has 1 aromatic heterocycles. The topological polar surface area (TPSA) is 130 Å². The number of hydrogen-bond donors (Lipinski definition) is 4.